The van der Waals surface area contributed by atoms with Crippen LogP contribution in [0.5, 0.6) is 11.5 Å². The summed E-state index contributed by atoms with van der Waals surface area (Å²) in [6, 6.07) is 4.07. The predicted octanol–water partition coefficient (Wildman–Crippen LogP) is 2.99. The van der Waals surface area contributed by atoms with Crippen LogP contribution in [0.4, 0.5) is 24.8 Å². The number of ether oxygens (including phenoxy) is 4. The van der Waals surface area contributed by atoms with Crippen LogP contribution >= 0.6 is 0 Å². The molecule has 0 aliphatic heterocycles. The fourth-order valence-electron chi connectivity index (χ4n) is 2.99. The second-order valence-electron chi connectivity index (χ2n) is 7.06. The predicted molar refractivity (Wildman–Crippen MR) is 118 cm³/mol. The highest BCUT2D eigenvalue weighted by molar-refractivity contribution is 5.91. The average Bonchev–Trinajstić information content (AvgIpc) is 2.77. The van der Waals surface area contributed by atoms with Crippen molar-refractivity contribution in [3.63, 3.8) is 0 Å². The van der Waals surface area contributed by atoms with E-state index in [1.165, 1.54) is 0 Å². The molecule has 0 saturated carbocycles. The third-order valence-electron chi connectivity index (χ3n) is 4.46. The molecule has 0 aliphatic rings. The number of halogens is 3. The Bertz CT molecular complexity index is 1130. The number of nitrogens with zero attached hydrogens (tertiary/aromatic N) is 4. The minimum absolute atomic E-state index is 0.132. The molecule has 0 radical (unpaired) electrons. The fourth-order valence-corrected chi connectivity index (χ4v) is 2.99. The maximum Gasteiger partial charge on any atom is 0.433 e. The number of rotatable bonds is 11. The SMILES string of the molecule is COCCOc1cc2nc(C)nc(NCc3nc(N)cc(C(F)(F)F)n3)c2cc1OCCOC. The maximum atomic E-state index is 13.1. The van der Waals surface area contributed by atoms with Crippen LogP contribution in [0.15, 0.2) is 18.2 Å². The number of nitrogens with one attached hydrogen (secondary N) is 1. The van der Waals surface area contributed by atoms with E-state index in [0.29, 0.717) is 59.9 Å². The number of alkyl halides is 3. The summed E-state index contributed by atoms with van der Waals surface area (Å²) in [6.07, 6.45) is -4.64. The van der Waals surface area contributed by atoms with Gasteiger partial charge in [0.05, 0.1) is 25.3 Å². The van der Waals surface area contributed by atoms with Crippen LogP contribution in [0.3, 0.4) is 0 Å². The van der Waals surface area contributed by atoms with Gasteiger partial charge in [-0.25, -0.2) is 19.9 Å². The van der Waals surface area contributed by atoms with Crippen molar-refractivity contribution in [2.45, 2.75) is 19.6 Å². The molecule has 2 aromatic heterocycles. The van der Waals surface area contributed by atoms with Crippen molar-refractivity contribution in [3.8, 4) is 11.5 Å². The van der Waals surface area contributed by atoms with E-state index in [4.69, 9.17) is 24.7 Å². The lowest BCUT2D eigenvalue weighted by Gasteiger charge is -2.16. The van der Waals surface area contributed by atoms with Crippen molar-refractivity contribution < 1.29 is 32.1 Å². The van der Waals surface area contributed by atoms with Gasteiger partial charge < -0.3 is 30.0 Å². The van der Waals surface area contributed by atoms with E-state index in [2.05, 4.69) is 25.3 Å². The first kappa shape index (κ1) is 25.2. The standard InChI is InChI=1S/C21H25F3N6O4/c1-12-27-14-9-16(34-7-5-32-3)15(33-6-4-31-2)8-13(14)20(28-12)26-11-19-29-17(21(22,23)24)10-18(25)30-19/h8-10H,4-7,11H2,1-3H3,(H2,25,29,30)(H,26,27,28). The summed E-state index contributed by atoms with van der Waals surface area (Å²) in [5.74, 6) is 1.27. The number of nitrogen functional groups attached to an aromatic ring is 1. The summed E-state index contributed by atoms with van der Waals surface area (Å²) in [4.78, 5) is 16.2. The summed E-state index contributed by atoms with van der Waals surface area (Å²) in [5, 5.41) is 3.54. The number of aromatic nitrogens is 4. The number of benzene rings is 1. The molecule has 3 aromatic rings. The normalized spacial score (nSPS) is 11.6. The van der Waals surface area contributed by atoms with E-state index in [1.54, 1.807) is 33.3 Å². The van der Waals surface area contributed by atoms with Gasteiger partial charge in [0, 0.05) is 31.7 Å². The first-order chi connectivity index (χ1) is 16.2. The Morgan fingerprint density at radius 3 is 2.15 bits per heavy atom. The molecule has 1 aromatic carbocycles. The molecular weight excluding hydrogens is 457 g/mol. The van der Waals surface area contributed by atoms with E-state index in [9.17, 15) is 13.2 Å². The summed E-state index contributed by atoms with van der Waals surface area (Å²) in [7, 11) is 3.12. The number of fused-ring (bicyclic) bond motifs is 1. The summed E-state index contributed by atoms with van der Waals surface area (Å²) >= 11 is 0. The first-order valence-corrected chi connectivity index (χ1v) is 10.2. The molecule has 34 heavy (non-hydrogen) atoms. The van der Waals surface area contributed by atoms with Crippen molar-refractivity contribution in [2.75, 3.05) is 51.7 Å². The van der Waals surface area contributed by atoms with Crippen molar-refractivity contribution in [3.05, 3.63) is 35.5 Å². The average molecular weight is 482 g/mol. The molecule has 0 aliphatic carbocycles. The molecule has 0 spiro atoms. The highest BCUT2D eigenvalue weighted by Crippen LogP contribution is 2.35. The van der Waals surface area contributed by atoms with Gasteiger partial charge >= 0.3 is 6.18 Å². The van der Waals surface area contributed by atoms with Gasteiger partial charge in [0.1, 0.15) is 42.2 Å². The second-order valence-corrected chi connectivity index (χ2v) is 7.06. The molecule has 0 saturated heterocycles. The van der Waals surface area contributed by atoms with Gasteiger partial charge in [-0.15, -0.1) is 0 Å². The summed E-state index contributed by atoms with van der Waals surface area (Å²) in [5.41, 5.74) is 4.96. The third kappa shape index (κ3) is 6.54. The lowest BCUT2D eigenvalue weighted by atomic mass is 10.2. The molecule has 2 heterocycles. The Morgan fingerprint density at radius 1 is 0.882 bits per heavy atom. The lowest BCUT2D eigenvalue weighted by Crippen LogP contribution is -2.15. The van der Waals surface area contributed by atoms with E-state index < -0.39 is 11.9 Å². The van der Waals surface area contributed by atoms with Crippen LogP contribution in [-0.4, -0.2) is 60.6 Å². The van der Waals surface area contributed by atoms with Gasteiger partial charge in [0.25, 0.3) is 0 Å². The molecule has 0 unspecified atom stereocenters. The largest absolute Gasteiger partial charge is 0.487 e. The van der Waals surface area contributed by atoms with Crippen LogP contribution in [0.1, 0.15) is 17.3 Å². The Morgan fingerprint density at radius 2 is 1.53 bits per heavy atom. The Kier molecular flexibility index (Phi) is 8.23. The first-order valence-electron chi connectivity index (χ1n) is 10.2. The minimum atomic E-state index is -4.64. The summed E-state index contributed by atoms with van der Waals surface area (Å²) < 4.78 is 60.8. The number of nitrogens with two attached hydrogens (primary N) is 1. The topological polar surface area (TPSA) is 127 Å². The van der Waals surface area contributed by atoms with Gasteiger partial charge in [-0.05, 0) is 13.0 Å². The zero-order valence-corrected chi connectivity index (χ0v) is 18.9. The second kappa shape index (κ2) is 11.1. The molecule has 10 nitrogen and oxygen atoms in total. The van der Waals surface area contributed by atoms with E-state index >= 15 is 0 Å². The number of aryl methyl sites for hydroxylation is 1. The van der Waals surface area contributed by atoms with Gasteiger partial charge in [-0.2, -0.15) is 13.2 Å². The molecule has 0 amide bonds. The van der Waals surface area contributed by atoms with Gasteiger partial charge in [0.2, 0.25) is 0 Å². The Balaban J connectivity index is 1.94. The molecule has 0 atom stereocenters. The molecule has 184 valence electrons. The van der Waals surface area contributed by atoms with Crippen LogP contribution in [-0.2, 0) is 22.2 Å². The van der Waals surface area contributed by atoms with Crippen LogP contribution < -0.4 is 20.5 Å². The highest BCUT2D eigenvalue weighted by atomic mass is 19.4. The number of methoxy groups -OCH3 is 2. The van der Waals surface area contributed by atoms with E-state index in [-0.39, 0.29) is 24.8 Å². The van der Waals surface area contributed by atoms with E-state index in [0.717, 1.165) is 0 Å². The van der Waals surface area contributed by atoms with Gasteiger partial charge in [-0.3, -0.25) is 0 Å². The van der Waals surface area contributed by atoms with Crippen LogP contribution in [0.25, 0.3) is 10.9 Å². The maximum absolute atomic E-state index is 13.1. The molecule has 0 fully saturated rings. The van der Waals surface area contributed by atoms with Crippen molar-refractivity contribution in [2.24, 2.45) is 0 Å². The van der Waals surface area contributed by atoms with Crippen molar-refractivity contribution in [1.29, 1.82) is 0 Å². The molecular formula is C21H25F3N6O4. The smallest absolute Gasteiger partial charge is 0.433 e. The monoisotopic (exact) mass is 482 g/mol. The van der Waals surface area contributed by atoms with Crippen molar-refractivity contribution >= 4 is 22.5 Å². The van der Waals surface area contributed by atoms with Gasteiger partial charge in [0.15, 0.2) is 11.5 Å². The Labute approximate surface area is 193 Å². The zero-order valence-electron chi connectivity index (χ0n) is 18.9. The Hall–Kier alpha value is -3.45. The number of anilines is 2. The molecule has 3 N–H and O–H groups in total. The minimum Gasteiger partial charge on any atom is -0.487 e. The number of hydrogen-bond donors (Lipinski definition) is 2. The van der Waals surface area contributed by atoms with Crippen molar-refractivity contribution in [1.82, 2.24) is 19.9 Å². The quantitative estimate of drug-likeness (QED) is 0.394. The fraction of sp³-hybridized carbons (Fsp3) is 0.429. The molecule has 0 bridgehead atoms. The zero-order chi connectivity index (χ0) is 24.7. The number of hydrogen-bond acceptors (Lipinski definition) is 10. The molecule has 3 rings (SSSR count). The van der Waals surface area contributed by atoms with E-state index in [1.807, 2.05) is 0 Å². The molecule has 13 heteroatoms. The third-order valence-corrected chi connectivity index (χ3v) is 4.46. The lowest BCUT2D eigenvalue weighted by molar-refractivity contribution is -0.141. The summed E-state index contributed by atoms with van der Waals surface area (Å²) in [6.45, 7) is 2.86. The van der Waals surface area contributed by atoms with Crippen LogP contribution in [0.2, 0.25) is 0 Å². The highest BCUT2D eigenvalue weighted by Gasteiger charge is 2.33. The van der Waals surface area contributed by atoms with Gasteiger partial charge in [-0.1, -0.05) is 0 Å². The van der Waals surface area contributed by atoms with Crippen LogP contribution in [0, 0.1) is 6.92 Å².